The molecule has 3 N–H and O–H groups in total. The van der Waals surface area contributed by atoms with Crippen LogP contribution in [0.15, 0.2) is 11.4 Å². The molecule has 0 aliphatic heterocycles. The zero-order valence-corrected chi connectivity index (χ0v) is 10.9. The van der Waals surface area contributed by atoms with Gasteiger partial charge in [0.2, 0.25) is 5.91 Å². The first-order valence-electron chi connectivity index (χ1n) is 5.65. The fraction of sp³-hybridized carbons (Fsp3) is 0.583. The van der Waals surface area contributed by atoms with Crippen molar-refractivity contribution in [3.63, 3.8) is 0 Å². The van der Waals surface area contributed by atoms with Gasteiger partial charge in [-0.15, -0.1) is 11.3 Å². The summed E-state index contributed by atoms with van der Waals surface area (Å²) in [6.07, 6.45) is 1.12. The Bertz CT molecular complexity index is 347. The molecule has 0 aliphatic carbocycles. The van der Waals surface area contributed by atoms with E-state index in [4.69, 9.17) is 5.73 Å². The van der Waals surface area contributed by atoms with Crippen LogP contribution >= 0.6 is 11.3 Å². The molecular weight excluding hydrogens is 220 g/mol. The van der Waals surface area contributed by atoms with Crippen molar-refractivity contribution in [3.8, 4) is 0 Å². The molecular formula is C12H20N2OS. The Morgan fingerprint density at radius 2 is 2.25 bits per heavy atom. The minimum Gasteiger partial charge on any atom is -0.366 e. The fourth-order valence-corrected chi connectivity index (χ4v) is 2.51. The third-order valence-corrected chi connectivity index (χ3v) is 3.66. The minimum absolute atomic E-state index is 0.349. The van der Waals surface area contributed by atoms with Gasteiger partial charge in [0, 0.05) is 22.8 Å². The molecule has 90 valence electrons. The van der Waals surface area contributed by atoms with E-state index in [9.17, 15) is 4.79 Å². The lowest BCUT2D eigenvalue weighted by atomic mass is 10.0. The summed E-state index contributed by atoms with van der Waals surface area (Å²) in [7, 11) is 0. The maximum Gasteiger partial charge on any atom is 0.249 e. The van der Waals surface area contributed by atoms with E-state index in [1.54, 1.807) is 11.3 Å². The average molecular weight is 240 g/mol. The molecule has 0 aromatic carbocycles. The van der Waals surface area contributed by atoms with E-state index in [0.29, 0.717) is 17.5 Å². The highest BCUT2D eigenvalue weighted by atomic mass is 32.1. The number of nitrogens with two attached hydrogens (primary N) is 1. The van der Waals surface area contributed by atoms with Crippen LogP contribution in [0, 0.1) is 5.92 Å². The molecule has 1 unspecified atom stereocenters. The summed E-state index contributed by atoms with van der Waals surface area (Å²) in [6.45, 7) is 7.42. The molecule has 0 fully saturated rings. The van der Waals surface area contributed by atoms with Crippen molar-refractivity contribution in [2.75, 3.05) is 0 Å². The summed E-state index contributed by atoms with van der Waals surface area (Å²) in [6, 6.07) is 2.40. The third kappa shape index (κ3) is 3.61. The number of thiophene rings is 1. The minimum atomic E-state index is -0.349. The van der Waals surface area contributed by atoms with Crippen LogP contribution in [0.3, 0.4) is 0 Å². The summed E-state index contributed by atoms with van der Waals surface area (Å²) in [5.74, 6) is 0.277. The van der Waals surface area contributed by atoms with Gasteiger partial charge in [0.15, 0.2) is 0 Å². The van der Waals surface area contributed by atoms with Gasteiger partial charge in [-0.1, -0.05) is 20.8 Å². The molecule has 4 heteroatoms. The van der Waals surface area contributed by atoms with E-state index in [1.165, 1.54) is 0 Å². The summed E-state index contributed by atoms with van der Waals surface area (Å²) >= 11 is 1.58. The molecule has 3 nitrogen and oxygen atoms in total. The second-order valence-corrected chi connectivity index (χ2v) is 5.30. The number of carbonyl (C=O) groups is 1. The normalized spacial score (nSPS) is 13.0. The number of primary amides is 1. The van der Waals surface area contributed by atoms with Gasteiger partial charge in [0.25, 0.3) is 0 Å². The number of amides is 1. The van der Waals surface area contributed by atoms with E-state index < -0.39 is 0 Å². The van der Waals surface area contributed by atoms with Crippen LogP contribution in [0.25, 0.3) is 0 Å². The molecule has 0 saturated heterocycles. The highest BCUT2D eigenvalue weighted by Gasteiger charge is 2.11. The summed E-state index contributed by atoms with van der Waals surface area (Å²) < 4.78 is 0. The van der Waals surface area contributed by atoms with Gasteiger partial charge in [0.1, 0.15) is 0 Å². The van der Waals surface area contributed by atoms with Crippen LogP contribution in [-0.2, 0) is 6.54 Å². The molecule has 1 heterocycles. The van der Waals surface area contributed by atoms with Gasteiger partial charge in [0.05, 0.1) is 5.56 Å². The lowest BCUT2D eigenvalue weighted by molar-refractivity contribution is 0.100. The van der Waals surface area contributed by atoms with Crippen LogP contribution in [-0.4, -0.2) is 11.9 Å². The molecule has 1 atom stereocenters. The number of hydrogen-bond donors (Lipinski definition) is 2. The van der Waals surface area contributed by atoms with Crippen molar-refractivity contribution in [3.05, 3.63) is 21.9 Å². The molecule has 1 aromatic heterocycles. The molecule has 0 bridgehead atoms. The Morgan fingerprint density at radius 3 is 2.69 bits per heavy atom. The van der Waals surface area contributed by atoms with Gasteiger partial charge >= 0.3 is 0 Å². The molecule has 0 aliphatic rings. The topological polar surface area (TPSA) is 55.1 Å². The van der Waals surface area contributed by atoms with Crippen molar-refractivity contribution in [2.24, 2.45) is 11.7 Å². The lowest BCUT2D eigenvalue weighted by Gasteiger charge is -2.20. The van der Waals surface area contributed by atoms with E-state index >= 15 is 0 Å². The second kappa shape index (κ2) is 6.01. The SMILES string of the molecule is CCC(NCc1cc(C(N)=O)cs1)C(C)C. The first kappa shape index (κ1) is 13.2. The van der Waals surface area contributed by atoms with Gasteiger partial charge in [-0.05, 0) is 18.4 Å². The highest BCUT2D eigenvalue weighted by Crippen LogP contribution is 2.15. The summed E-state index contributed by atoms with van der Waals surface area (Å²) in [4.78, 5) is 12.1. The maximum absolute atomic E-state index is 10.9. The summed E-state index contributed by atoms with van der Waals surface area (Å²) in [5, 5.41) is 5.31. The van der Waals surface area contributed by atoms with Crippen molar-refractivity contribution in [1.29, 1.82) is 0 Å². The van der Waals surface area contributed by atoms with Crippen LogP contribution in [0.5, 0.6) is 0 Å². The van der Waals surface area contributed by atoms with Crippen molar-refractivity contribution in [1.82, 2.24) is 5.32 Å². The number of carbonyl (C=O) groups excluding carboxylic acids is 1. The molecule has 1 rings (SSSR count). The van der Waals surface area contributed by atoms with Crippen LogP contribution in [0.4, 0.5) is 0 Å². The first-order chi connectivity index (χ1) is 7.54. The van der Waals surface area contributed by atoms with Crippen LogP contribution < -0.4 is 11.1 Å². The van der Waals surface area contributed by atoms with Gasteiger partial charge in [-0.25, -0.2) is 0 Å². The van der Waals surface area contributed by atoms with Crippen molar-refractivity contribution < 1.29 is 4.79 Å². The van der Waals surface area contributed by atoms with E-state index in [-0.39, 0.29) is 5.91 Å². The predicted molar refractivity (Wildman–Crippen MR) is 68.6 cm³/mol. The van der Waals surface area contributed by atoms with E-state index in [0.717, 1.165) is 17.8 Å². The van der Waals surface area contributed by atoms with Crippen molar-refractivity contribution in [2.45, 2.75) is 39.8 Å². The van der Waals surface area contributed by atoms with Gasteiger partial charge in [-0.3, -0.25) is 4.79 Å². The molecule has 0 radical (unpaired) electrons. The Labute approximate surface area is 101 Å². The smallest absolute Gasteiger partial charge is 0.249 e. The standard InChI is InChI=1S/C12H20N2OS/c1-4-11(8(2)3)14-6-10-5-9(7-16-10)12(13)15/h5,7-8,11,14H,4,6H2,1-3H3,(H2,13,15). The molecule has 1 aromatic rings. The highest BCUT2D eigenvalue weighted by molar-refractivity contribution is 7.10. The third-order valence-electron chi connectivity index (χ3n) is 2.72. The van der Waals surface area contributed by atoms with E-state index in [2.05, 4.69) is 26.1 Å². The fourth-order valence-electron chi connectivity index (χ4n) is 1.69. The quantitative estimate of drug-likeness (QED) is 0.802. The van der Waals surface area contributed by atoms with Gasteiger partial charge < -0.3 is 11.1 Å². The molecule has 16 heavy (non-hydrogen) atoms. The summed E-state index contributed by atoms with van der Waals surface area (Å²) in [5.41, 5.74) is 5.82. The maximum atomic E-state index is 10.9. The number of rotatable bonds is 6. The van der Waals surface area contributed by atoms with Crippen LogP contribution in [0.2, 0.25) is 0 Å². The van der Waals surface area contributed by atoms with Gasteiger partial charge in [-0.2, -0.15) is 0 Å². The zero-order chi connectivity index (χ0) is 12.1. The van der Waals surface area contributed by atoms with E-state index in [1.807, 2.05) is 11.4 Å². The Hall–Kier alpha value is -0.870. The Morgan fingerprint density at radius 1 is 1.56 bits per heavy atom. The Kier molecular flexibility index (Phi) is 4.96. The zero-order valence-electron chi connectivity index (χ0n) is 10.1. The largest absolute Gasteiger partial charge is 0.366 e. The van der Waals surface area contributed by atoms with Crippen molar-refractivity contribution >= 4 is 17.2 Å². The number of nitrogens with one attached hydrogen (secondary N) is 1. The molecule has 0 saturated carbocycles. The first-order valence-corrected chi connectivity index (χ1v) is 6.53. The predicted octanol–water partition coefficient (Wildman–Crippen LogP) is 2.37. The average Bonchev–Trinajstić information content (AvgIpc) is 2.67. The van der Waals surface area contributed by atoms with Crippen LogP contribution in [0.1, 0.15) is 42.4 Å². The second-order valence-electron chi connectivity index (χ2n) is 4.31. The number of hydrogen-bond acceptors (Lipinski definition) is 3. The lowest BCUT2D eigenvalue weighted by Crippen LogP contribution is -2.32. The monoisotopic (exact) mass is 240 g/mol. The Balaban J connectivity index is 2.50. The molecule has 0 spiro atoms. The molecule has 1 amide bonds.